The SMILES string of the molecule is CC(C)=CCC/C(C)=C\C1OCC(CO)O1. The predicted molar refractivity (Wildman–Crippen MR) is 64.1 cm³/mol. The molecular formula is C13H22O3. The maximum absolute atomic E-state index is 8.89. The lowest BCUT2D eigenvalue weighted by Gasteiger charge is -2.07. The standard InChI is InChI=1S/C13H22O3/c1-10(2)5-4-6-11(3)7-13-15-9-12(8-14)16-13/h5,7,12-14H,4,6,8-9H2,1-3H3/b11-7-. The molecule has 16 heavy (non-hydrogen) atoms. The summed E-state index contributed by atoms with van der Waals surface area (Å²) in [7, 11) is 0. The Labute approximate surface area is 97.8 Å². The summed E-state index contributed by atoms with van der Waals surface area (Å²) < 4.78 is 10.8. The molecule has 0 bridgehead atoms. The molecule has 0 aromatic carbocycles. The molecule has 1 rings (SSSR count). The number of ether oxygens (including phenoxy) is 2. The Morgan fingerprint density at radius 1 is 1.38 bits per heavy atom. The second-order valence-corrected chi connectivity index (χ2v) is 4.48. The van der Waals surface area contributed by atoms with Gasteiger partial charge in [-0.1, -0.05) is 17.2 Å². The Balaban J connectivity index is 2.30. The van der Waals surface area contributed by atoms with Crippen molar-refractivity contribution < 1.29 is 14.6 Å². The summed E-state index contributed by atoms with van der Waals surface area (Å²) in [4.78, 5) is 0. The Hall–Kier alpha value is -0.640. The van der Waals surface area contributed by atoms with E-state index in [0.717, 1.165) is 12.8 Å². The molecule has 0 radical (unpaired) electrons. The molecule has 2 unspecified atom stereocenters. The van der Waals surface area contributed by atoms with Gasteiger partial charge in [0.2, 0.25) is 0 Å². The van der Waals surface area contributed by atoms with Gasteiger partial charge in [-0.25, -0.2) is 0 Å². The zero-order chi connectivity index (χ0) is 12.0. The second kappa shape index (κ2) is 6.84. The van der Waals surface area contributed by atoms with Crippen LogP contribution in [-0.4, -0.2) is 30.7 Å². The van der Waals surface area contributed by atoms with Crippen molar-refractivity contribution in [2.75, 3.05) is 13.2 Å². The number of aliphatic hydroxyl groups excluding tert-OH is 1. The molecule has 0 spiro atoms. The third kappa shape index (κ3) is 4.92. The Bertz CT molecular complexity index is 264. The van der Waals surface area contributed by atoms with Gasteiger partial charge in [0.05, 0.1) is 13.2 Å². The summed E-state index contributed by atoms with van der Waals surface area (Å²) in [6.07, 6.45) is 5.87. The summed E-state index contributed by atoms with van der Waals surface area (Å²) in [5.41, 5.74) is 2.61. The highest BCUT2D eigenvalue weighted by Gasteiger charge is 2.23. The van der Waals surface area contributed by atoms with Crippen LogP contribution in [-0.2, 0) is 9.47 Å². The zero-order valence-electron chi connectivity index (χ0n) is 10.4. The minimum atomic E-state index is -0.274. The minimum Gasteiger partial charge on any atom is -0.394 e. The van der Waals surface area contributed by atoms with Crippen LogP contribution in [0.2, 0.25) is 0 Å². The van der Waals surface area contributed by atoms with Gasteiger partial charge in [-0.05, 0) is 39.7 Å². The molecule has 1 saturated heterocycles. The lowest BCUT2D eigenvalue weighted by Crippen LogP contribution is -2.15. The van der Waals surface area contributed by atoms with Crippen molar-refractivity contribution >= 4 is 0 Å². The average molecular weight is 226 g/mol. The van der Waals surface area contributed by atoms with Crippen molar-refractivity contribution in [2.45, 2.75) is 46.0 Å². The van der Waals surface area contributed by atoms with Crippen molar-refractivity contribution in [2.24, 2.45) is 0 Å². The molecule has 1 aliphatic rings. The lowest BCUT2D eigenvalue weighted by atomic mass is 10.1. The number of allylic oxidation sites excluding steroid dienone is 3. The van der Waals surface area contributed by atoms with Gasteiger partial charge in [0.15, 0.2) is 6.29 Å². The molecule has 0 aromatic rings. The van der Waals surface area contributed by atoms with E-state index < -0.39 is 0 Å². The van der Waals surface area contributed by atoms with Crippen molar-refractivity contribution in [3.05, 3.63) is 23.3 Å². The quantitative estimate of drug-likeness (QED) is 0.732. The Kier molecular flexibility index (Phi) is 5.74. The first-order chi connectivity index (χ1) is 7.61. The van der Waals surface area contributed by atoms with E-state index in [2.05, 4.69) is 26.8 Å². The van der Waals surface area contributed by atoms with Crippen molar-refractivity contribution in [3.63, 3.8) is 0 Å². The monoisotopic (exact) mass is 226 g/mol. The van der Waals surface area contributed by atoms with Gasteiger partial charge in [-0.2, -0.15) is 0 Å². The van der Waals surface area contributed by atoms with E-state index in [1.54, 1.807) is 0 Å². The highest BCUT2D eigenvalue weighted by atomic mass is 16.7. The first-order valence-corrected chi connectivity index (χ1v) is 5.80. The van der Waals surface area contributed by atoms with Crippen LogP contribution in [0.4, 0.5) is 0 Å². The number of rotatable bonds is 5. The van der Waals surface area contributed by atoms with Crippen LogP contribution >= 0.6 is 0 Å². The van der Waals surface area contributed by atoms with Gasteiger partial charge >= 0.3 is 0 Å². The van der Waals surface area contributed by atoms with E-state index in [-0.39, 0.29) is 19.0 Å². The second-order valence-electron chi connectivity index (χ2n) is 4.48. The minimum absolute atomic E-state index is 0.0289. The fraction of sp³-hybridized carbons (Fsp3) is 0.692. The molecule has 0 aliphatic carbocycles. The van der Waals surface area contributed by atoms with Crippen LogP contribution in [0.25, 0.3) is 0 Å². The van der Waals surface area contributed by atoms with E-state index in [9.17, 15) is 0 Å². The maximum Gasteiger partial charge on any atom is 0.177 e. The van der Waals surface area contributed by atoms with Crippen molar-refractivity contribution in [1.82, 2.24) is 0 Å². The highest BCUT2D eigenvalue weighted by Crippen LogP contribution is 2.16. The predicted octanol–water partition coefficient (Wildman–Crippen LogP) is 2.41. The zero-order valence-corrected chi connectivity index (χ0v) is 10.4. The molecule has 1 heterocycles. The van der Waals surface area contributed by atoms with E-state index in [1.807, 2.05) is 6.08 Å². The topological polar surface area (TPSA) is 38.7 Å². The van der Waals surface area contributed by atoms with E-state index in [1.165, 1.54) is 11.1 Å². The van der Waals surface area contributed by atoms with Crippen molar-refractivity contribution in [3.8, 4) is 0 Å². The number of hydrogen-bond acceptors (Lipinski definition) is 3. The van der Waals surface area contributed by atoms with Crippen molar-refractivity contribution in [1.29, 1.82) is 0 Å². The largest absolute Gasteiger partial charge is 0.394 e. The maximum atomic E-state index is 8.89. The van der Waals surface area contributed by atoms with E-state index in [4.69, 9.17) is 14.6 Å². The van der Waals surface area contributed by atoms with Gasteiger partial charge < -0.3 is 14.6 Å². The number of hydrogen-bond donors (Lipinski definition) is 1. The number of aliphatic hydroxyl groups is 1. The molecule has 0 aromatic heterocycles. The normalized spacial score (nSPS) is 25.9. The molecule has 3 heteroatoms. The molecule has 1 N–H and O–H groups in total. The summed E-state index contributed by atoms with van der Waals surface area (Å²) >= 11 is 0. The molecule has 2 atom stereocenters. The van der Waals surface area contributed by atoms with Crippen LogP contribution in [0.1, 0.15) is 33.6 Å². The van der Waals surface area contributed by atoms with Crippen LogP contribution < -0.4 is 0 Å². The van der Waals surface area contributed by atoms with Crippen LogP contribution in [0.3, 0.4) is 0 Å². The van der Waals surface area contributed by atoms with Gasteiger partial charge in [-0.3, -0.25) is 0 Å². The van der Waals surface area contributed by atoms with Gasteiger partial charge in [-0.15, -0.1) is 0 Å². The molecule has 3 nitrogen and oxygen atoms in total. The first-order valence-electron chi connectivity index (χ1n) is 5.80. The fourth-order valence-electron chi connectivity index (χ4n) is 1.56. The third-order valence-corrected chi connectivity index (χ3v) is 2.49. The highest BCUT2D eigenvalue weighted by molar-refractivity contribution is 5.04. The smallest absolute Gasteiger partial charge is 0.177 e. The van der Waals surface area contributed by atoms with Crippen LogP contribution in [0.15, 0.2) is 23.3 Å². The summed E-state index contributed by atoms with van der Waals surface area (Å²) in [6.45, 7) is 6.81. The Morgan fingerprint density at radius 2 is 2.12 bits per heavy atom. The molecular weight excluding hydrogens is 204 g/mol. The van der Waals surface area contributed by atoms with E-state index in [0.29, 0.717) is 6.61 Å². The van der Waals surface area contributed by atoms with Gasteiger partial charge in [0.1, 0.15) is 6.10 Å². The van der Waals surface area contributed by atoms with Crippen LogP contribution in [0.5, 0.6) is 0 Å². The third-order valence-electron chi connectivity index (χ3n) is 2.49. The molecule has 0 amide bonds. The molecule has 1 aliphatic heterocycles. The van der Waals surface area contributed by atoms with E-state index >= 15 is 0 Å². The molecule has 92 valence electrons. The van der Waals surface area contributed by atoms with Crippen LogP contribution in [0, 0.1) is 0 Å². The first kappa shape index (κ1) is 13.4. The summed E-state index contributed by atoms with van der Waals surface area (Å²) in [5.74, 6) is 0. The fourth-order valence-corrected chi connectivity index (χ4v) is 1.56. The van der Waals surface area contributed by atoms with Gasteiger partial charge in [0, 0.05) is 0 Å². The average Bonchev–Trinajstić information content (AvgIpc) is 2.65. The Morgan fingerprint density at radius 3 is 2.69 bits per heavy atom. The summed E-state index contributed by atoms with van der Waals surface area (Å²) in [5, 5.41) is 8.89. The van der Waals surface area contributed by atoms with Gasteiger partial charge in [0.25, 0.3) is 0 Å². The molecule has 0 saturated carbocycles. The molecule has 1 fully saturated rings. The lowest BCUT2D eigenvalue weighted by molar-refractivity contribution is -0.0304. The summed E-state index contributed by atoms with van der Waals surface area (Å²) in [6, 6.07) is 0.